The first-order valence-corrected chi connectivity index (χ1v) is 12.3. The van der Waals surface area contributed by atoms with E-state index in [2.05, 4.69) is 0 Å². The molecule has 4 aromatic carbocycles. The molecule has 7 N–H and O–H groups in total. The van der Waals surface area contributed by atoms with Gasteiger partial charge >= 0.3 is 5.79 Å². The molecule has 12 heteroatoms. The molecule has 0 amide bonds. The average molecular weight is 570 g/mol. The van der Waals surface area contributed by atoms with Crippen molar-refractivity contribution in [1.82, 2.24) is 0 Å². The van der Waals surface area contributed by atoms with Crippen molar-refractivity contribution in [2.45, 2.75) is 11.4 Å². The summed E-state index contributed by atoms with van der Waals surface area (Å²) in [6.45, 7) is 0. The molecule has 2 aliphatic heterocycles. The molecule has 5 aromatic rings. The van der Waals surface area contributed by atoms with Crippen LogP contribution >= 0.6 is 0 Å². The highest BCUT2D eigenvalue weighted by Crippen LogP contribution is 2.62. The molecule has 7 rings (SSSR count). The maximum absolute atomic E-state index is 14.3. The summed E-state index contributed by atoms with van der Waals surface area (Å²) in [7, 11) is 0. The molecule has 0 unspecified atom stereocenters. The molecule has 12 nitrogen and oxygen atoms in total. The van der Waals surface area contributed by atoms with Crippen LogP contribution < -0.4 is 14.9 Å². The molecule has 2 atom stereocenters. The van der Waals surface area contributed by atoms with E-state index in [1.54, 1.807) is 0 Å². The van der Waals surface area contributed by atoms with Crippen molar-refractivity contribution in [2.24, 2.45) is 0 Å². The van der Waals surface area contributed by atoms with Crippen LogP contribution in [0, 0.1) is 0 Å². The van der Waals surface area contributed by atoms with Crippen molar-refractivity contribution in [3.8, 4) is 57.3 Å². The van der Waals surface area contributed by atoms with Crippen LogP contribution in [0.3, 0.4) is 0 Å². The molecule has 210 valence electrons. The van der Waals surface area contributed by atoms with Gasteiger partial charge in [-0.2, -0.15) is 0 Å². The smallest absolute Gasteiger partial charge is 0.319 e. The van der Waals surface area contributed by atoms with E-state index in [1.165, 1.54) is 48.5 Å². The number of carbonyl (C=O) groups excluding carboxylic acids is 1. The van der Waals surface area contributed by atoms with E-state index in [0.29, 0.717) is 0 Å². The van der Waals surface area contributed by atoms with E-state index in [9.17, 15) is 45.3 Å². The fraction of sp³-hybridized carbons (Fsp3) is 0.0667. The van der Waals surface area contributed by atoms with E-state index < -0.39 is 73.5 Å². The number of fused-ring (bicyclic) bond motifs is 6. The Bertz CT molecular complexity index is 2050. The van der Waals surface area contributed by atoms with E-state index in [1.807, 2.05) is 0 Å². The van der Waals surface area contributed by atoms with Crippen LogP contribution in [0.2, 0.25) is 0 Å². The maximum Gasteiger partial charge on any atom is 0.319 e. The zero-order valence-corrected chi connectivity index (χ0v) is 21.0. The Kier molecular flexibility index (Phi) is 4.83. The minimum atomic E-state index is -2.92. The topological polar surface area (TPSA) is 207 Å². The molecule has 0 bridgehead atoms. The number of aromatic hydroxyl groups is 6. The van der Waals surface area contributed by atoms with Crippen molar-refractivity contribution < 1.29 is 54.4 Å². The van der Waals surface area contributed by atoms with Crippen molar-refractivity contribution in [2.75, 3.05) is 0 Å². The quantitative estimate of drug-likeness (QED) is 0.163. The first-order chi connectivity index (χ1) is 20.0. The van der Waals surface area contributed by atoms with Crippen LogP contribution in [-0.4, -0.2) is 41.5 Å². The first kappa shape index (κ1) is 25.1. The van der Waals surface area contributed by atoms with Crippen LogP contribution in [-0.2, 0) is 11.4 Å². The molecular formula is C30H18O12. The van der Waals surface area contributed by atoms with Crippen LogP contribution in [0.5, 0.6) is 46.0 Å². The van der Waals surface area contributed by atoms with E-state index in [-0.39, 0.29) is 34.1 Å². The average Bonchev–Trinajstić information content (AvgIpc) is 3.20. The molecule has 3 heterocycles. The van der Waals surface area contributed by atoms with Gasteiger partial charge in [0.2, 0.25) is 22.6 Å². The number of phenols is 5. The fourth-order valence-electron chi connectivity index (χ4n) is 5.54. The van der Waals surface area contributed by atoms with Gasteiger partial charge < -0.3 is 49.6 Å². The van der Waals surface area contributed by atoms with Gasteiger partial charge in [0.1, 0.15) is 51.2 Å². The van der Waals surface area contributed by atoms with Crippen molar-refractivity contribution in [3.05, 3.63) is 93.6 Å². The Hall–Kier alpha value is -5.88. The Labute approximate surface area is 233 Å². The number of hydrogen-bond donors (Lipinski definition) is 7. The molecule has 0 saturated carbocycles. The lowest BCUT2D eigenvalue weighted by atomic mass is 9.75. The van der Waals surface area contributed by atoms with Gasteiger partial charge in [-0.3, -0.25) is 9.59 Å². The number of benzene rings is 4. The SMILES string of the molecule is O=C1c2c(O)cc(O)cc2O[C@]2(c3ccc(O)cc3)Oc3cc(O)c4c(=O)c(O)c(-c5ccc(O)cc5)oc4c3[C@@]12O. The van der Waals surface area contributed by atoms with Gasteiger partial charge in [-0.05, 0) is 48.5 Å². The molecule has 2 aliphatic rings. The standard InChI is InChI=1S/C30H18O12/c31-14-5-1-12(2-6-14)26-25(37)24(36)22-18(35)11-20-23(27(22)40-26)29(39)28(38)21-17(34)9-16(33)10-19(21)41-30(29,42-20)13-3-7-15(32)8-4-13/h1-11,31-35,37,39H/t29-,30-/m1/s1. The van der Waals surface area contributed by atoms with Crippen LogP contribution in [0.4, 0.5) is 0 Å². The summed E-state index contributed by atoms with van der Waals surface area (Å²) in [4.78, 5) is 27.7. The summed E-state index contributed by atoms with van der Waals surface area (Å²) in [6.07, 6.45) is 0. The minimum Gasteiger partial charge on any atom is -0.508 e. The first-order valence-electron chi connectivity index (χ1n) is 12.3. The van der Waals surface area contributed by atoms with Gasteiger partial charge in [0.05, 0.1) is 5.56 Å². The van der Waals surface area contributed by atoms with Crippen molar-refractivity contribution >= 4 is 16.8 Å². The molecule has 0 saturated heterocycles. The summed E-state index contributed by atoms with van der Waals surface area (Å²) < 4.78 is 18.1. The number of ketones is 1. The summed E-state index contributed by atoms with van der Waals surface area (Å²) in [6, 6.07) is 13.1. The Morgan fingerprint density at radius 1 is 0.667 bits per heavy atom. The zero-order valence-electron chi connectivity index (χ0n) is 21.0. The number of rotatable bonds is 2. The largest absolute Gasteiger partial charge is 0.508 e. The van der Waals surface area contributed by atoms with Crippen molar-refractivity contribution in [1.29, 1.82) is 0 Å². The second-order valence-electron chi connectivity index (χ2n) is 9.87. The van der Waals surface area contributed by atoms with E-state index in [0.717, 1.165) is 18.2 Å². The number of aliphatic hydroxyl groups is 1. The predicted molar refractivity (Wildman–Crippen MR) is 142 cm³/mol. The van der Waals surface area contributed by atoms with Gasteiger partial charge in [0.25, 0.3) is 0 Å². The second-order valence-corrected chi connectivity index (χ2v) is 9.87. The summed E-state index contributed by atoms with van der Waals surface area (Å²) >= 11 is 0. The molecule has 1 aromatic heterocycles. The number of carbonyl (C=O) groups is 1. The van der Waals surface area contributed by atoms with Crippen molar-refractivity contribution in [3.63, 3.8) is 0 Å². The highest BCUT2D eigenvalue weighted by molar-refractivity contribution is 6.12. The maximum atomic E-state index is 14.3. The normalized spacial score (nSPS) is 20.4. The van der Waals surface area contributed by atoms with E-state index in [4.69, 9.17) is 13.9 Å². The lowest BCUT2D eigenvalue weighted by molar-refractivity contribution is -0.218. The van der Waals surface area contributed by atoms with Crippen LogP contribution in [0.15, 0.2) is 75.9 Å². The third-order valence-electron chi connectivity index (χ3n) is 7.43. The summed E-state index contributed by atoms with van der Waals surface area (Å²) in [5.41, 5.74) is -5.47. The van der Waals surface area contributed by atoms with E-state index >= 15 is 0 Å². The number of Topliss-reactive ketones (excluding diaryl/α,β-unsaturated/α-hetero) is 1. The lowest BCUT2D eigenvalue weighted by Gasteiger charge is -2.43. The van der Waals surface area contributed by atoms with Gasteiger partial charge in [-0.1, -0.05) is 0 Å². The van der Waals surface area contributed by atoms with Gasteiger partial charge in [0, 0.05) is 29.3 Å². The van der Waals surface area contributed by atoms with Gasteiger partial charge in [-0.15, -0.1) is 0 Å². The van der Waals surface area contributed by atoms with Gasteiger partial charge in [0.15, 0.2) is 11.3 Å². The zero-order chi connectivity index (χ0) is 29.7. The molecule has 0 fully saturated rings. The Morgan fingerprint density at radius 2 is 1.29 bits per heavy atom. The third kappa shape index (κ3) is 3.03. The van der Waals surface area contributed by atoms with Crippen LogP contribution in [0.1, 0.15) is 21.5 Å². The van der Waals surface area contributed by atoms with Gasteiger partial charge in [-0.25, -0.2) is 0 Å². The number of phenolic OH excluding ortho intramolecular Hbond substituents is 5. The second kappa shape index (κ2) is 8.08. The minimum absolute atomic E-state index is 0.0200. The highest BCUT2D eigenvalue weighted by Gasteiger charge is 2.72. The number of hydrogen-bond acceptors (Lipinski definition) is 12. The summed E-state index contributed by atoms with van der Waals surface area (Å²) in [5, 5.41) is 73.9. The molecule has 0 aliphatic carbocycles. The molecule has 42 heavy (non-hydrogen) atoms. The highest BCUT2D eigenvalue weighted by atomic mass is 16.7. The predicted octanol–water partition coefficient (Wildman–Crippen LogP) is 3.40. The summed E-state index contributed by atoms with van der Waals surface area (Å²) in [5.74, 6) is -7.92. The Morgan fingerprint density at radius 3 is 1.95 bits per heavy atom. The fourth-order valence-corrected chi connectivity index (χ4v) is 5.54. The number of ether oxygens (including phenoxy) is 2. The lowest BCUT2D eigenvalue weighted by Crippen LogP contribution is -2.60. The van der Waals surface area contributed by atoms with Crippen LogP contribution in [0.25, 0.3) is 22.3 Å². The molecule has 0 radical (unpaired) electrons. The molecular weight excluding hydrogens is 552 g/mol. The monoisotopic (exact) mass is 570 g/mol. The third-order valence-corrected chi connectivity index (χ3v) is 7.43. The molecule has 0 spiro atoms. The Balaban J connectivity index is 1.61.